The van der Waals surface area contributed by atoms with Gasteiger partial charge in [-0.05, 0) is 45.0 Å². The van der Waals surface area contributed by atoms with E-state index in [-0.39, 0.29) is 11.9 Å². The van der Waals surface area contributed by atoms with Crippen molar-refractivity contribution >= 4 is 25.8 Å². The van der Waals surface area contributed by atoms with Gasteiger partial charge in [0, 0.05) is 16.8 Å². The Kier molecular flexibility index (Phi) is 5.15. The van der Waals surface area contributed by atoms with E-state index in [2.05, 4.69) is 21.2 Å². The van der Waals surface area contributed by atoms with Gasteiger partial charge in [0.2, 0.25) is 0 Å². The molecule has 0 fully saturated rings. The van der Waals surface area contributed by atoms with Crippen molar-refractivity contribution < 1.29 is 12.8 Å². The molecule has 0 bridgehead atoms. The third kappa shape index (κ3) is 3.77. The monoisotopic (exact) mass is 351 g/mol. The molecule has 3 nitrogen and oxygen atoms in total. The zero-order chi connectivity index (χ0) is 14.8. The highest BCUT2D eigenvalue weighted by Crippen LogP contribution is 2.26. The third-order valence-electron chi connectivity index (χ3n) is 3.58. The minimum Gasteiger partial charge on any atom is -0.315 e. The van der Waals surface area contributed by atoms with Gasteiger partial charge in [-0.2, -0.15) is 0 Å². The lowest BCUT2D eigenvalue weighted by atomic mass is 9.95. The van der Waals surface area contributed by atoms with E-state index in [0.717, 1.165) is 5.56 Å². The average Bonchev–Trinajstić information content (AvgIpc) is 2.26. The van der Waals surface area contributed by atoms with Crippen LogP contribution in [-0.2, 0) is 16.3 Å². The van der Waals surface area contributed by atoms with Crippen molar-refractivity contribution in [2.45, 2.75) is 31.1 Å². The van der Waals surface area contributed by atoms with Crippen molar-refractivity contribution in [1.29, 1.82) is 0 Å². The van der Waals surface area contributed by atoms with E-state index in [1.165, 1.54) is 18.4 Å². The molecule has 1 N–H and O–H groups in total. The van der Waals surface area contributed by atoms with Crippen LogP contribution in [0.25, 0.3) is 0 Å². The second-order valence-corrected chi connectivity index (χ2v) is 8.61. The first-order valence-corrected chi connectivity index (χ1v) is 8.59. The Balaban J connectivity index is 3.07. The fraction of sp³-hybridized carbons (Fsp3) is 0.538. The Hall–Kier alpha value is -0.460. The van der Waals surface area contributed by atoms with E-state index < -0.39 is 14.6 Å². The molecule has 0 aromatic heterocycles. The second-order valence-electron chi connectivity index (χ2n) is 5.16. The number of likely N-dealkylation sites (N-methyl/N-ethyl adjacent to an activating group) is 1. The lowest BCUT2D eigenvalue weighted by Gasteiger charge is -2.32. The van der Waals surface area contributed by atoms with Crippen LogP contribution in [-0.4, -0.2) is 32.5 Å². The van der Waals surface area contributed by atoms with Gasteiger partial charge in [-0.15, -0.1) is 0 Å². The van der Waals surface area contributed by atoms with Crippen LogP contribution in [0.4, 0.5) is 4.39 Å². The van der Waals surface area contributed by atoms with E-state index in [1.54, 1.807) is 27.0 Å². The smallest absolute Gasteiger partial charge is 0.154 e. The Labute approximate surface area is 122 Å². The Morgan fingerprint density at radius 2 is 2.00 bits per heavy atom. The van der Waals surface area contributed by atoms with E-state index >= 15 is 0 Å². The molecule has 0 aliphatic carbocycles. The summed E-state index contributed by atoms with van der Waals surface area (Å²) in [7, 11) is -1.48. The molecule has 0 saturated carbocycles. The minimum absolute atomic E-state index is 0.260. The molecule has 1 atom stereocenters. The molecule has 1 unspecified atom stereocenters. The van der Waals surface area contributed by atoms with E-state index in [0.29, 0.717) is 10.9 Å². The molecular weight excluding hydrogens is 333 g/mol. The number of nitrogens with one attached hydrogen (secondary N) is 1. The summed E-state index contributed by atoms with van der Waals surface area (Å²) in [5, 5.41) is 3.05. The van der Waals surface area contributed by atoms with Crippen molar-refractivity contribution in [2.75, 3.05) is 13.3 Å². The maximum absolute atomic E-state index is 13.0. The van der Waals surface area contributed by atoms with Crippen molar-refractivity contribution in [1.82, 2.24) is 5.32 Å². The zero-order valence-corrected chi connectivity index (χ0v) is 13.9. The van der Waals surface area contributed by atoms with E-state index in [1.807, 2.05) is 0 Å². The van der Waals surface area contributed by atoms with Gasteiger partial charge in [0.25, 0.3) is 0 Å². The van der Waals surface area contributed by atoms with Crippen LogP contribution in [0.3, 0.4) is 0 Å². The molecule has 0 radical (unpaired) electrons. The zero-order valence-electron chi connectivity index (χ0n) is 11.5. The normalized spacial score (nSPS) is 14.4. The summed E-state index contributed by atoms with van der Waals surface area (Å²) in [6.07, 6.45) is 1.73. The Morgan fingerprint density at radius 3 is 2.42 bits per heavy atom. The molecule has 0 spiro atoms. The van der Waals surface area contributed by atoms with E-state index in [4.69, 9.17) is 0 Å². The molecule has 0 heterocycles. The largest absolute Gasteiger partial charge is 0.315 e. The van der Waals surface area contributed by atoms with Gasteiger partial charge in [-0.1, -0.05) is 22.0 Å². The van der Waals surface area contributed by atoms with Gasteiger partial charge >= 0.3 is 0 Å². The molecule has 19 heavy (non-hydrogen) atoms. The van der Waals surface area contributed by atoms with Gasteiger partial charge in [0.05, 0.1) is 4.75 Å². The summed E-state index contributed by atoms with van der Waals surface area (Å²) in [5.41, 5.74) is 0.873. The van der Waals surface area contributed by atoms with Crippen molar-refractivity contribution in [2.24, 2.45) is 0 Å². The molecular formula is C13H19BrFNO2S. The molecule has 0 amide bonds. The maximum Gasteiger partial charge on any atom is 0.154 e. The SMILES string of the molecule is CNC(Cc1ccc(F)cc1Br)C(C)(C)S(C)(=O)=O. The molecule has 1 rings (SSSR count). The molecule has 0 aliphatic heterocycles. The second kappa shape index (κ2) is 5.89. The van der Waals surface area contributed by atoms with Gasteiger partial charge in [-0.25, -0.2) is 12.8 Å². The predicted molar refractivity (Wildman–Crippen MR) is 79.6 cm³/mol. The fourth-order valence-electron chi connectivity index (χ4n) is 1.86. The summed E-state index contributed by atoms with van der Waals surface area (Å²) in [6, 6.07) is 4.17. The standard InChI is InChI=1S/C13H19BrFNO2S/c1-13(2,19(4,17)18)12(16-3)7-9-5-6-10(15)8-11(9)14/h5-6,8,12,16H,7H2,1-4H3. The number of benzene rings is 1. The lowest BCUT2D eigenvalue weighted by molar-refractivity contribution is 0.430. The molecule has 6 heteroatoms. The average molecular weight is 352 g/mol. The summed E-state index contributed by atoms with van der Waals surface area (Å²) in [5.74, 6) is -0.320. The molecule has 1 aromatic rings. The van der Waals surface area contributed by atoms with Crippen LogP contribution in [0.2, 0.25) is 0 Å². The van der Waals surface area contributed by atoms with Gasteiger partial charge in [0.15, 0.2) is 9.84 Å². The van der Waals surface area contributed by atoms with Crippen LogP contribution < -0.4 is 5.32 Å². The predicted octanol–water partition coefficient (Wildman–Crippen LogP) is 2.54. The molecule has 1 aromatic carbocycles. The highest BCUT2D eigenvalue weighted by molar-refractivity contribution is 9.10. The number of hydrogen-bond donors (Lipinski definition) is 1. The number of hydrogen-bond acceptors (Lipinski definition) is 3. The van der Waals surface area contributed by atoms with E-state index in [9.17, 15) is 12.8 Å². The first-order valence-electron chi connectivity index (χ1n) is 5.90. The van der Waals surface area contributed by atoms with Crippen molar-refractivity contribution in [3.63, 3.8) is 0 Å². The van der Waals surface area contributed by atoms with Crippen LogP contribution in [0.15, 0.2) is 22.7 Å². The first kappa shape index (κ1) is 16.6. The summed E-state index contributed by atoms with van der Waals surface area (Å²) in [4.78, 5) is 0. The molecule has 108 valence electrons. The maximum atomic E-state index is 13.0. The van der Waals surface area contributed by atoms with Gasteiger partial charge in [-0.3, -0.25) is 0 Å². The van der Waals surface area contributed by atoms with Crippen molar-refractivity contribution in [3.8, 4) is 0 Å². The van der Waals surface area contributed by atoms with Gasteiger partial charge < -0.3 is 5.32 Å². The lowest BCUT2D eigenvalue weighted by Crippen LogP contribution is -2.51. The summed E-state index contributed by atoms with van der Waals surface area (Å²) >= 11 is 3.30. The van der Waals surface area contributed by atoms with Crippen LogP contribution >= 0.6 is 15.9 Å². The quantitative estimate of drug-likeness (QED) is 0.886. The third-order valence-corrected chi connectivity index (χ3v) is 6.52. The van der Waals surface area contributed by atoms with Crippen molar-refractivity contribution in [3.05, 3.63) is 34.1 Å². The summed E-state index contributed by atoms with van der Waals surface area (Å²) in [6.45, 7) is 3.39. The highest BCUT2D eigenvalue weighted by atomic mass is 79.9. The Morgan fingerprint density at radius 1 is 1.42 bits per heavy atom. The Bertz CT molecular complexity index is 558. The van der Waals surface area contributed by atoms with Gasteiger partial charge in [0.1, 0.15) is 5.82 Å². The van der Waals surface area contributed by atoms with Crippen LogP contribution in [0.1, 0.15) is 19.4 Å². The topological polar surface area (TPSA) is 46.2 Å². The fourth-order valence-corrected chi connectivity index (χ4v) is 3.09. The van der Waals surface area contributed by atoms with Crippen LogP contribution in [0.5, 0.6) is 0 Å². The van der Waals surface area contributed by atoms with Crippen LogP contribution in [0, 0.1) is 5.82 Å². The number of rotatable bonds is 5. The number of halogens is 2. The highest BCUT2D eigenvalue weighted by Gasteiger charge is 2.38. The minimum atomic E-state index is -3.21. The summed E-state index contributed by atoms with van der Waals surface area (Å²) < 4.78 is 36.5. The molecule has 0 aliphatic rings. The number of sulfone groups is 1. The first-order chi connectivity index (χ1) is 8.59. The molecule has 0 saturated heterocycles.